The van der Waals surface area contributed by atoms with E-state index in [2.05, 4.69) is 12.1 Å². The van der Waals surface area contributed by atoms with Crippen LogP contribution in [0.15, 0.2) is 64.5 Å². The van der Waals surface area contributed by atoms with Crippen molar-refractivity contribution in [2.45, 2.75) is 30.0 Å². The molecule has 0 aliphatic carbocycles. The van der Waals surface area contributed by atoms with Crippen LogP contribution in [0.5, 0.6) is 0 Å². The summed E-state index contributed by atoms with van der Waals surface area (Å²) in [4.78, 5) is 5.49. The summed E-state index contributed by atoms with van der Waals surface area (Å²) < 4.78 is 18.3. The maximum atomic E-state index is 12.5. The van der Waals surface area contributed by atoms with Gasteiger partial charge in [-0.1, -0.05) is 56.3 Å². The maximum absolute atomic E-state index is 12.5. The second-order valence-electron chi connectivity index (χ2n) is 5.51. The van der Waals surface area contributed by atoms with Crippen molar-refractivity contribution in [2.24, 2.45) is 4.99 Å². The van der Waals surface area contributed by atoms with Gasteiger partial charge in [0.25, 0.3) is 0 Å². The second kappa shape index (κ2) is 6.44. The predicted octanol–water partition coefficient (Wildman–Crippen LogP) is 3.72. The van der Waals surface area contributed by atoms with Gasteiger partial charge in [-0.15, -0.1) is 0 Å². The van der Waals surface area contributed by atoms with Crippen LogP contribution in [0, 0.1) is 0 Å². The molecule has 0 fully saturated rings. The smallest absolute Gasteiger partial charge is 0.218 e. The number of nitrogens with zero attached hydrogens (tertiary/aromatic N) is 1. The normalized spacial score (nSPS) is 18.9. The van der Waals surface area contributed by atoms with Crippen LogP contribution in [0.3, 0.4) is 0 Å². The molecule has 0 radical (unpaired) electrons. The van der Waals surface area contributed by atoms with E-state index in [1.807, 2.05) is 56.3 Å². The summed E-state index contributed by atoms with van der Waals surface area (Å²) in [5, 5.41) is 0.0630. The van der Waals surface area contributed by atoms with Gasteiger partial charge in [-0.2, -0.15) is 0 Å². The van der Waals surface area contributed by atoms with Gasteiger partial charge in [0, 0.05) is 5.25 Å². The Bertz CT molecular complexity index is 710. The average molecular weight is 313 g/mol. The summed E-state index contributed by atoms with van der Waals surface area (Å²) in [7, 11) is -1.06. The summed E-state index contributed by atoms with van der Waals surface area (Å²) in [5.41, 5.74) is 1.98. The van der Waals surface area contributed by atoms with Gasteiger partial charge in [0.15, 0.2) is 0 Å². The lowest BCUT2D eigenvalue weighted by Crippen LogP contribution is -2.12. The van der Waals surface area contributed by atoms with Crippen molar-refractivity contribution in [1.82, 2.24) is 0 Å². The molecule has 0 amide bonds. The van der Waals surface area contributed by atoms with Crippen LogP contribution in [0.2, 0.25) is 0 Å². The minimum atomic E-state index is -1.06. The Labute approximate surface area is 133 Å². The van der Waals surface area contributed by atoms with Crippen LogP contribution < -0.4 is 0 Å². The van der Waals surface area contributed by atoms with Crippen LogP contribution in [0.1, 0.15) is 31.0 Å². The zero-order chi connectivity index (χ0) is 15.5. The minimum Gasteiger partial charge on any atom is -0.475 e. The highest BCUT2D eigenvalue weighted by Gasteiger charge is 2.25. The Kier molecular flexibility index (Phi) is 4.39. The van der Waals surface area contributed by atoms with Gasteiger partial charge in [0.1, 0.15) is 12.6 Å². The summed E-state index contributed by atoms with van der Waals surface area (Å²) >= 11 is 0. The zero-order valence-electron chi connectivity index (χ0n) is 12.7. The molecule has 2 atom stereocenters. The lowest BCUT2D eigenvalue weighted by molar-refractivity contribution is 0.319. The molecule has 0 bridgehead atoms. The third kappa shape index (κ3) is 2.97. The van der Waals surface area contributed by atoms with Crippen molar-refractivity contribution >= 4 is 16.7 Å². The van der Waals surface area contributed by atoms with Gasteiger partial charge >= 0.3 is 0 Å². The van der Waals surface area contributed by atoms with Gasteiger partial charge in [-0.05, 0) is 17.7 Å². The number of rotatable bonds is 4. The Morgan fingerprint density at radius 2 is 1.77 bits per heavy atom. The fraction of sp³-hybridized carbons (Fsp3) is 0.278. The number of hydrogen-bond acceptors (Lipinski definition) is 3. The molecule has 4 heteroatoms. The highest BCUT2D eigenvalue weighted by atomic mass is 32.2. The summed E-state index contributed by atoms with van der Waals surface area (Å²) in [5.74, 6) is 0.596. The Morgan fingerprint density at radius 3 is 2.50 bits per heavy atom. The number of aliphatic imine (C=N–C) groups is 1. The molecule has 2 aromatic rings. The van der Waals surface area contributed by atoms with Crippen molar-refractivity contribution in [3.05, 3.63) is 65.7 Å². The Balaban J connectivity index is 1.94. The lowest BCUT2D eigenvalue weighted by atomic mass is 10.1. The van der Waals surface area contributed by atoms with E-state index >= 15 is 0 Å². The molecule has 1 unspecified atom stereocenters. The first-order chi connectivity index (χ1) is 10.7. The minimum absolute atomic E-state index is 0.0109. The molecule has 3 rings (SSSR count). The number of hydrogen-bond donors (Lipinski definition) is 0. The van der Waals surface area contributed by atoms with E-state index in [0.29, 0.717) is 12.5 Å². The van der Waals surface area contributed by atoms with Gasteiger partial charge < -0.3 is 4.74 Å². The zero-order valence-corrected chi connectivity index (χ0v) is 13.5. The van der Waals surface area contributed by atoms with Crippen molar-refractivity contribution in [1.29, 1.82) is 0 Å². The third-order valence-corrected chi connectivity index (χ3v) is 5.24. The van der Waals surface area contributed by atoms with Crippen molar-refractivity contribution < 1.29 is 8.95 Å². The number of benzene rings is 2. The van der Waals surface area contributed by atoms with E-state index < -0.39 is 10.8 Å². The van der Waals surface area contributed by atoms with Crippen molar-refractivity contribution in [3.8, 4) is 0 Å². The molecule has 22 heavy (non-hydrogen) atoms. The van der Waals surface area contributed by atoms with Crippen LogP contribution in [-0.4, -0.2) is 22.0 Å². The molecule has 1 aliphatic rings. The van der Waals surface area contributed by atoms with E-state index in [4.69, 9.17) is 9.73 Å². The largest absolute Gasteiger partial charge is 0.475 e. The van der Waals surface area contributed by atoms with Crippen LogP contribution >= 0.6 is 0 Å². The van der Waals surface area contributed by atoms with Gasteiger partial charge in [-0.3, -0.25) is 4.21 Å². The summed E-state index contributed by atoms with van der Waals surface area (Å²) in [6, 6.07) is 17.8. The molecule has 1 aliphatic heterocycles. The van der Waals surface area contributed by atoms with Gasteiger partial charge in [0.2, 0.25) is 5.90 Å². The van der Waals surface area contributed by atoms with E-state index in [-0.39, 0.29) is 11.3 Å². The second-order valence-corrected chi connectivity index (χ2v) is 7.49. The lowest BCUT2D eigenvalue weighted by Gasteiger charge is -2.10. The first-order valence-corrected chi connectivity index (χ1v) is 8.63. The molecule has 0 saturated heterocycles. The fourth-order valence-corrected chi connectivity index (χ4v) is 3.53. The van der Waals surface area contributed by atoms with E-state index in [0.717, 1.165) is 16.0 Å². The Morgan fingerprint density at radius 1 is 1.09 bits per heavy atom. The van der Waals surface area contributed by atoms with E-state index in [1.54, 1.807) is 0 Å². The van der Waals surface area contributed by atoms with Gasteiger partial charge in [0.05, 0.1) is 21.3 Å². The summed E-state index contributed by atoms with van der Waals surface area (Å²) in [6.07, 6.45) is 0. The first kappa shape index (κ1) is 15.0. The third-order valence-electron chi connectivity index (χ3n) is 3.60. The van der Waals surface area contributed by atoms with Crippen LogP contribution in [-0.2, 0) is 15.5 Å². The van der Waals surface area contributed by atoms with E-state index in [9.17, 15) is 4.21 Å². The van der Waals surface area contributed by atoms with Crippen LogP contribution in [0.25, 0.3) is 0 Å². The Hall–Kier alpha value is -1.94. The van der Waals surface area contributed by atoms with Crippen molar-refractivity contribution in [3.63, 3.8) is 0 Å². The predicted molar refractivity (Wildman–Crippen MR) is 89.7 cm³/mol. The molecule has 2 aromatic carbocycles. The molecule has 3 nitrogen and oxygen atoms in total. The first-order valence-electron chi connectivity index (χ1n) is 7.42. The molecule has 0 saturated carbocycles. The molecule has 0 aromatic heterocycles. The molecular formula is C18H19NO2S. The molecular weight excluding hydrogens is 294 g/mol. The fourth-order valence-electron chi connectivity index (χ4n) is 2.44. The topological polar surface area (TPSA) is 38.7 Å². The molecule has 0 spiro atoms. The summed E-state index contributed by atoms with van der Waals surface area (Å²) in [6.45, 7) is 4.44. The van der Waals surface area contributed by atoms with E-state index in [1.165, 1.54) is 0 Å². The molecule has 114 valence electrons. The quantitative estimate of drug-likeness (QED) is 0.863. The molecule has 0 N–H and O–H groups in total. The van der Waals surface area contributed by atoms with Crippen LogP contribution in [0.4, 0.5) is 0 Å². The van der Waals surface area contributed by atoms with Crippen molar-refractivity contribution in [2.75, 3.05) is 6.61 Å². The SMILES string of the molecule is CC(C)S(=O)c1ccccc1C1=N[C@@H](c2ccccc2)CO1. The highest BCUT2D eigenvalue weighted by Crippen LogP contribution is 2.27. The maximum Gasteiger partial charge on any atom is 0.218 e. The molecule has 1 heterocycles. The number of ether oxygens (including phenoxy) is 1. The van der Waals surface area contributed by atoms with Gasteiger partial charge in [-0.25, -0.2) is 4.99 Å². The standard InChI is InChI=1S/C18H19NO2S/c1-13(2)22(20)17-11-7-6-10-15(17)18-19-16(12-21-18)14-8-4-3-5-9-14/h3-11,13,16H,12H2,1-2H3/t16-,22?/m1/s1. The highest BCUT2D eigenvalue weighted by molar-refractivity contribution is 7.85. The average Bonchev–Trinajstić information content (AvgIpc) is 3.05. The monoisotopic (exact) mass is 313 g/mol.